The lowest BCUT2D eigenvalue weighted by Gasteiger charge is -2.29. The molecular formula is C19H25N3O2. The lowest BCUT2D eigenvalue weighted by atomic mass is 9.86. The molecule has 1 saturated carbocycles. The van der Waals surface area contributed by atoms with Gasteiger partial charge in [0.25, 0.3) is 5.56 Å². The van der Waals surface area contributed by atoms with Crippen LogP contribution in [0.3, 0.4) is 0 Å². The first-order valence-electron chi connectivity index (χ1n) is 8.91. The Hall–Kier alpha value is -2.17. The van der Waals surface area contributed by atoms with Crippen molar-refractivity contribution < 1.29 is 4.79 Å². The predicted octanol–water partition coefficient (Wildman–Crippen LogP) is 2.94. The molecule has 0 spiro atoms. The number of amides is 1. The number of carbonyl (C=O) groups excluding carboxylic acids is 1. The smallest absolute Gasteiger partial charge is 0.258 e. The zero-order valence-corrected chi connectivity index (χ0v) is 14.2. The fourth-order valence-corrected chi connectivity index (χ4v) is 3.48. The van der Waals surface area contributed by atoms with Crippen molar-refractivity contribution in [2.75, 3.05) is 0 Å². The van der Waals surface area contributed by atoms with Crippen molar-refractivity contribution in [2.24, 2.45) is 5.92 Å². The van der Waals surface area contributed by atoms with Crippen LogP contribution in [0.2, 0.25) is 0 Å². The Balaban J connectivity index is 1.52. The van der Waals surface area contributed by atoms with Crippen LogP contribution in [0.1, 0.15) is 51.3 Å². The normalized spacial score (nSPS) is 20.9. The van der Waals surface area contributed by atoms with Gasteiger partial charge in [-0.05, 0) is 37.3 Å². The summed E-state index contributed by atoms with van der Waals surface area (Å²) in [5.41, 5.74) is 0.591. The van der Waals surface area contributed by atoms with Gasteiger partial charge < -0.3 is 10.3 Å². The van der Waals surface area contributed by atoms with Crippen molar-refractivity contribution in [1.82, 2.24) is 15.3 Å². The molecule has 1 heterocycles. The maximum absolute atomic E-state index is 12.1. The second-order valence-electron chi connectivity index (χ2n) is 6.82. The van der Waals surface area contributed by atoms with Gasteiger partial charge in [-0.3, -0.25) is 9.59 Å². The zero-order chi connectivity index (χ0) is 16.9. The van der Waals surface area contributed by atoms with E-state index in [-0.39, 0.29) is 11.5 Å². The molecule has 1 aromatic carbocycles. The molecule has 3 rings (SSSR count). The molecule has 0 aliphatic heterocycles. The Morgan fingerprint density at radius 3 is 2.92 bits per heavy atom. The monoisotopic (exact) mass is 327 g/mol. The molecule has 24 heavy (non-hydrogen) atoms. The van der Waals surface area contributed by atoms with Crippen LogP contribution in [0.25, 0.3) is 10.9 Å². The molecule has 1 aliphatic rings. The number of rotatable bonds is 5. The molecule has 128 valence electrons. The molecule has 2 N–H and O–H groups in total. The molecule has 0 bridgehead atoms. The topological polar surface area (TPSA) is 74.8 Å². The highest BCUT2D eigenvalue weighted by Gasteiger charge is 2.22. The van der Waals surface area contributed by atoms with E-state index in [1.165, 1.54) is 19.3 Å². The van der Waals surface area contributed by atoms with E-state index in [1.54, 1.807) is 6.07 Å². The molecular weight excluding hydrogens is 302 g/mol. The van der Waals surface area contributed by atoms with Crippen LogP contribution >= 0.6 is 0 Å². The number of aryl methyl sites for hydroxylation is 1. The van der Waals surface area contributed by atoms with Gasteiger partial charge in [-0.1, -0.05) is 31.9 Å². The largest absolute Gasteiger partial charge is 0.353 e. The summed E-state index contributed by atoms with van der Waals surface area (Å²) in [5.74, 6) is 1.33. The van der Waals surface area contributed by atoms with E-state index in [4.69, 9.17) is 0 Å². The third-order valence-corrected chi connectivity index (χ3v) is 4.94. The van der Waals surface area contributed by atoms with Crippen LogP contribution in [0.15, 0.2) is 29.1 Å². The van der Waals surface area contributed by atoms with Gasteiger partial charge in [0.1, 0.15) is 5.82 Å². The predicted molar refractivity (Wildman–Crippen MR) is 94.9 cm³/mol. The quantitative estimate of drug-likeness (QED) is 0.886. The highest BCUT2D eigenvalue weighted by Crippen LogP contribution is 2.23. The fraction of sp³-hybridized carbons (Fsp3) is 0.526. The maximum atomic E-state index is 12.1. The summed E-state index contributed by atoms with van der Waals surface area (Å²) < 4.78 is 0. The Labute approximate surface area is 141 Å². The van der Waals surface area contributed by atoms with Crippen LogP contribution in [0.5, 0.6) is 0 Å². The SMILES string of the molecule is C[C@@H]1CCCC[C@@H]1NC(=O)CCCc1nc2ccccc2c(=O)[nH]1. The summed E-state index contributed by atoms with van der Waals surface area (Å²) in [4.78, 5) is 31.4. The number of hydrogen-bond donors (Lipinski definition) is 2. The summed E-state index contributed by atoms with van der Waals surface area (Å²) in [6, 6.07) is 7.63. The number of hydrogen-bond acceptors (Lipinski definition) is 3. The molecule has 1 amide bonds. The lowest BCUT2D eigenvalue weighted by molar-refractivity contribution is -0.122. The minimum Gasteiger partial charge on any atom is -0.353 e. The van der Waals surface area contributed by atoms with E-state index < -0.39 is 0 Å². The van der Waals surface area contributed by atoms with Gasteiger partial charge in [0.15, 0.2) is 0 Å². The van der Waals surface area contributed by atoms with Crippen molar-refractivity contribution in [3.63, 3.8) is 0 Å². The number of H-pyrrole nitrogens is 1. The van der Waals surface area contributed by atoms with Crippen molar-refractivity contribution in [3.05, 3.63) is 40.4 Å². The average molecular weight is 327 g/mol. The third-order valence-electron chi connectivity index (χ3n) is 4.94. The van der Waals surface area contributed by atoms with Gasteiger partial charge in [-0.15, -0.1) is 0 Å². The van der Waals surface area contributed by atoms with Gasteiger partial charge in [0.2, 0.25) is 5.91 Å². The van der Waals surface area contributed by atoms with E-state index in [0.29, 0.717) is 47.9 Å². The van der Waals surface area contributed by atoms with Gasteiger partial charge in [0, 0.05) is 18.9 Å². The Bertz CT molecular complexity index is 769. The number of aromatic amines is 1. The first kappa shape index (κ1) is 16.7. The number of nitrogens with one attached hydrogen (secondary N) is 2. The molecule has 2 atom stereocenters. The number of aromatic nitrogens is 2. The standard InChI is InChI=1S/C19H25N3O2/c1-13-7-2-4-9-15(13)21-18(23)12-6-11-17-20-16-10-5-3-8-14(16)19(24)22-17/h3,5,8,10,13,15H,2,4,6-7,9,11-12H2,1H3,(H,21,23)(H,20,22,24)/t13-,15+/m1/s1. The minimum atomic E-state index is -0.115. The highest BCUT2D eigenvalue weighted by atomic mass is 16.1. The van der Waals surface area contributed by atoms with E-state index in [2.05, 4.69) is 22.2 Å². The van der Waals surface area contributed by atoms with E-state index >= 15 is 0 Å². The van der Waals surface area contributed by atoms with Crippen molar-refractivity contribution in [3.8, 4) is 0 Å². The first-order valence-corrected chi connectivity index (χ1v) is 8.91. The molecule has 1 aliphatic carbocycles. The van der Waals surface area contributed by atoms with Crippen LogP contribution in [0, 0.1) is 5.92 Å². The van der Waals surface area contributed by atoms with Crippen molar-refractivity contribution >= 4 is 16.8 Å². The zero-order valence-electron chi connectivity index (χ0n) is 14.2. The number of para-hydroxylation sites is 1. The molecule has 1 aromatic heterocycles. The molecule has 5 nitrogen and oxygen atoms in total. The molecule has 2 aromatic rings. The first-order chi connectivity index (χ1) is 11.6. The second kappa shape index (κ2) is 7.60. The maximum Gasteiger partial charge on any atom is 0.258 e. The number of benzene rings is 1. The molecule has 0 unspecified atom stereocenters. The lowest BCUT2D eigenvalue weighted by Crippen LogP contribution is -2.40. The van der Waals surface area contributed by atoms with Gasteiger partial charge >= 0.3 is 0 Å². The Morgan fingerprint density at radius 2 is 2.08 bits per heavy atom. The minimum absolute atomic E-state index is 0.108. The molecule has 0 saturated heterocycles. The van der Waals surface area contributed by atoms with E-state index in [9.17, 15) is 9.59 Å². The van der Waals surface area contributed by atoms with E-state index in [0.717, 1.165) is 6.42 Å². The summed E-state index contributed by atoms with van der Waals surface area (Å²) >= 11 is 0. The van der Waals surface area contributed by atoms with Crippen molar-refractivity contribution in [2.45, 2.75) is 57.9 Å². The third kappa shape index (κ3) is 4.02. The van der Waals surface area contributed by atoms with Gasteiger partial charge in [-0.2, -0.15) is 0 Å². The summed E-state index contributed by atoms with van der Waals surface area (Å²) in [5, 5.41) is 3.77. The number of carbonyl (C=O) groups is 1. The molecule has 5 heteroatoms. The van der Waals surface area contributed by atoms with Crippen LogP contribution in [-0.4, -0.2) is 21.9 Å². The molecule has 1 fully saturated rings. The van der Waals surface area contributed by atoms with Crippen LogP contribution in [0.4, 0.5) is 0 Å². The fourth-order valence-electron chi connectivity index (χ4n) is 3.48. The second-order valence-corrected chi connectivity index (χ2v) is 6.82. The Morgan fingerprint density at radius 1 is 1.29 bits per heavy atom. The van der Waals surface area contributed by atoms with E-state index in [1.807, 2.05) is 18.2 Å². The van der Waals surface area contributed by atoms with Crippen molar-refractivity contribution in [1.29, 1.82) is 0 Å². The molecule has 0 radical (unpaired) electrons. The van der Waals surface area contributed by atoms with Gasteiger partial charge in [-0.25, -0.2) is 4.98 Å². The Kier molecular flexibility index (Phi) is 5.28. The van der Waals surface area contributed by atoms with Crippen LogP contribution in [-0.2, 0) is 11.2 Å². The van der Waals surface area contributed by atoms with Crippen LogP contribution < -0.4 is 10.9 Å². The summed E-state index contributed by atoms with van der Waals surface area (Å²) in [6.45, 7) is 2.22. The number of fused-ring (bicyclic) bond motifs is 1. The summed E-state index contributed by atoms with van der Waals surface area (Å²) in [7, 11) is 0. The highest BCUT2D eigenvalue weighted by molar-refractivity contribution is 5.77. The number of nitrogens with zero attached hydrogens (tertiary/aromatic N) is 1. The summed E-state index contributed by atoms with van der Waals surface area (Å²) in [6.07, 6.45) is 6.54. The average Bonchev–Trinajstić information content (AvgIpc) is 2.57. The van der Waals surface area contributed by atoms with Gasteiger partial charge in [0.05, 0.1) is 10.9 Å².